The molecular formula is C14H29N3O2S. The standard InChI is InChI=1S/C14H29N3O2S/c1-5-12(2)17-9-8-16(13-6-7-13)11-14(17)10-15(3)20(4,18)19/h12-14H,5-11H2,1-4H3. The van der Waals surface area contributed by atoms with Gasteiger partial charge in [0, 0.05) is 51.4 Å². The van der Waals surface area contributed by atoms with Gasteiger partial charge in [-0.1, -0.05) is 6.92 Å². The Labute approximate surface area is 124 Å². The maximum atomic E-state index is 11.7. The van der Waals surface area contributed by atoms with Crippen LogP contribution in [0.4, 0.5) is 0 Å². The molecule has 1 saturated heterocycles. The highest BCUT2D eigenvalue weighted by Gasteiger charge is 2.37. The van der Waals surface area contributed by atoms with Gasteiger partial charge in [0.2, 0.25) is 10.0 Å². The Balaban J connectivity index is 2.04. The van der Waals surface area contributed by atoms with Crippen molar-refractivity contribution >= 4 is 10.0 Å². The highest BCUT2D eigenvalue weighted by molar-refractivity contribution is 7.88. The van der Waals surface area contributed by atoms with E-state index in [-0.39, 0.29) is 0 Å². The summed E-state index contributed by atoms with van der Waals surface area (Å²) in [5, 5.41) is 0. The summed E-state index contributed by atoms with van der Waals surface area (Å²) >= 11 is 0. The van der Waals surface area contributed by atoms with E-state index in [4.69, 9.17) is 0 Å². The topological polar surface area (TPSA) is 43.9 Å². The molecular weight excluding hydrogens is 274 g/mol. The van der Waals surface area contributed by atoms with E-state index in [2.05, 4.69) is 23.6 Å². The van der Waals surface area contributed by atoms with Gasteiger partial charge in [-0.25, -0.2) is 12.7 Å². The average Bonchev–Trinajstić information content (AvgIpc) is 3.21. The Morgan fingerprint density at radius 1 is 1.30 bits per heavy atom. The van der Waals surface area contributed by atoms with E-state index in [0.29, 0.717) is 18.6 Å². The molecule has 0 spiro atoms. The van der Waals surface area contributed by atoms with Crippen LogP contribution in [0.15, 0.2) is 0 Å². The summed E-state index contributed by atoms with van der Waals surface area (Å²) in [4.78, 5) is 5.06. The Bertz CT molecular complexity index is 422. The van der Waals surface area contributed by atoms with E-state index >= 15 is 0 Å². The van der Waals surface area contributed by atoms with Crippen LogP contribution >= 0.6 is 0 Å². The molecule has 1 aliphatic heterocycles. The molecule has 118 valence electrons. The van der Waals surface area contributed by atoms with Crippen molar-refractivity contribution in [1.82, 2.24) is 14.1 Å². The van der Waals surface area contributed by atoms with Crippen LogP contribution in [0.1, 0.15) is 33.1 Å². The number of nitrogens with zero attached hydrogens (tertiary/aromatic N) is 3. The number of hydrogen-bond acceptors (Lipinski definition) is 4. The first-order valence-corrected chi connectivity index (χ1v) is 9.58. The Kier molecular flexibility index (Phi) is 5.10. The third-order valence-corrected chi connectivity index (χ3v) is 6.10. The van der Waals surface area contributed by atoms with Crippen LogP contribution in [0.5, 0.6) is 0 Å². The predicted octanol–water partition coefficient (Wildman–Crippen LogP) is 0.825. The van der Waals surface area contributed by atoms with E-state index < -0.39 is 10.0 Å². The average molecular weight is 303 g/mol. The van der Waals surface area contributed by atoms with Crippen LogP contribution < -0.4 is 0 Å². The summed E-state index contributed by atoms with van der Waals surface area (Å²) in [6.45, 7) is 8.26. The fraction of sp³-hybridized carbons (Fsp3) is 1.00. The third kappa shape index (κ3) is 3.93. The van der Waals surface area contributed by atoms with E-state index in [1.807, 2.05) is 0 Å². The van der Waals surface area contributed by atoms with Crippen molar-refractivity contribution in [1.29, 1.82) is 0 Å². The molecule has 1 aliphatic carbocycles. The molecule has 1 heterocycles. The van der Waals surface area contributed by atoms with Gasteiger partial charge in [0.1, 0.15) is 0 Å². The fourth-order valence-electron chi connectivity index (χ4n) is 3.07. The van der Waals surface area contributed by atoms with Gasteiger partial charge in [0.25, 0.3) is 0 Å². The number of hydrogen-bond donors (Lipinski definition) is 0. The van der Waals surface area contributed by atoms with Crippen LogP contribution in [0, 0.1) is 0 Å². The molecule has 0 radical (unpaired) electrons. The van der Waals surface area contributed by atoms with E-state index in [1.54, 1.807) is 7.05 Å². The first-order valence-electron chi connectivity index (χ1n) is 7.74. The summed E-state index contributed by atoms with van der Waals surface area (Å²) < 4.78 is 24.8. The first-order chi connectivity index (χ1) is 9.32. The molecule has 0 bridgehead atoms. The van der Waals surface area contributed by atoms with Crippen molar-refractivity contribution in [2.75, 3.05) is 39.5 Å². The second-order valence-electron chi connectivity index (χ2n) is 6.42. The number of rotatable bonds is 6. The maximum Gasteiger partial charge on any atom is 0.211 e. The van der Waals surface area contributed by atoms with Crippen molar-refractivity contribution < 1.29 is 8.42 Å². The minimum absolute atomic E-state index is 0.319. The van der Waals surface area contributed by atoms with Crippen molar-refractivity contribution in [2.45, 2.75) is 51.2 Å². The number of likely N-dealkylation sites (N-methyl/N-ethyl adjacent to an activating group) is 1. The zero-order valence-corrected chi connectivity index (χ0v) is 14.1. The van der Waals surface area contributed by atoms with Gasteiger partial charge in [-0.2, -0.15) is 0 Å². The predicted molar refractivity (Wildman–Crippen MR) is 82.3 cm³/mol. The quantitative estimate of drug-likeness (QED) is 0.729. The molecule has 2 fully saturated rings. The fourth-order valence-corrected chi connectivity index (χ4v) is 3.52. The Hall–Kier alpha value is -0.170. The SMILES string of the molecule is CCC(C)N1CCN(C2CC2)CC1CN(C)S(C)(=O)=O. The van der Waals surface area contributed by atoms with E-state index in [9.17, 15) is 8.42 Å². The summed E-state index contributed by atoms with van der Waals surface area (Å²) in [7, 11) is -1.40. The monoisotopic (exact) mass is 303 g/mol. The van der Waals surface area contributed by atoms with Crippen molar-refractivity contribution in [3.8, 4) is 0 Å². The molecule has 0 aromatic rings. The molecule has 0 aromatic carbocycles. The lowest BCUT2D eigenvalue weighted by atomic mass is 10.1. The van der Waals surface area contributed by atoms with E-state index in [1.165, 1.54) is 23.4 Å². The molecule has 0 aromatic heterocycles. The molecule has 1 saturated carbocycles. The van der Waals surface area contributed by atoms with E-state index in [0.717, 1.165) is 32.1 Å². The normalized spacial score (nSPS) is 27.9. The highest BCUT2D eigenvalue weighted by atomic mass is 32.2. The molecule has 20 heavy (non-hydrogen) atoms. The van der Waals surface area contributed by atoms with Gasteiger partial charge in [-0.05, 0) is 26.2 Å². The molecule has 2 aliphatic rings. The van der Waals surface area contributed by atoms with Gasteiger partial charge in [0.05, 0.1) is 6.26 Å². The second-order valence-corrected chi connectivity index (χ2v) is 8.51. The lowest BCUT2D eigenvalue weighted by molar-refractivity contribution is 0.0342. The maximum absolute atomic E-state index is 11.7. The molecule has 5 nitrogen and oxygen atoms in total. The van der Waals surface area contributed by atoms with Crippen molar-refractivity contribution in [3.05, 3.63) is 0 Å². The van der Waals surface area contributed by atoms with Crippen molar-refractivity contribution in [2.24, 2.45) is 0 Å². The second kappa shape index (κ2) is 6.30. The molecule has 0 N–H and O–H groups in total. The zero-order valence-electron chi connectivity index (χ0n) is 13.2. The molecule has 2 atom stereocenters. The van der Waals surface area contributed by atoms with Gasteiger partial charge < -0.3 is 0 Å². The van der Waals surface area contributed by atoms with Crippen LogP contribution in [0.25, 0.3) is 0 Å². The number of sulfonamides is 1. The van der Waals surface area contributed by atoms with Gasteiger partial charge in [0.15, 0.2) is 0 Å². The summed E-state index contributed by atoms with van der Waals surface area (Å²) in [6, 6.07) is 1.61. The molecule has 2 unspecified atom stereocenters. The van der Waals surface area contributed by atoms with Gasteiger partial charge in [-0.15, -0.1) is 0 Å². The number of piperazine rings is 1. The van der Waals surface area contributed by atoms with Gasteiger partial charge in [-0.3, -0.25) is 9.80 Å². The lowest BCUT2D eigenvalue weighted by Crippen LogP contribution is -2.59. The molecule has 2 rings (SSSR count). The summed E-state index contributed by atoms with van der Waals surface area (Å²) in [5.41, 5.74) is 0. The largest absolute Gasteiger partial charge is 0.298 e. The Morgan fingerprint density at radius 2 is 1.95 bits per heavy atom. The molecule has 6 heteroatoms. The first kappa shape index (κ1) is 16.2. The summed E-state index contributed by atoms with van der Waals surface area (Å²) in [6.07, 6.45) is 5.04. The molecule has 0 amide bonds. The van der Waals surface area contributed by atoms with Crippen LogP contribution in [-0.2, 0) is 10.0 Å². The smallest absolute Gasteiger partial charge is 0.211 e. The van der Waals surface area contributed by atoms with Gasteiger partial charge >= 0.3 is 0 Å². The third-order valence-electron chi connectivity index (χ3n) is 4.81. The minimum Gasteiger partial charge on any atom is -0.298 e. The minimum atomic E-state index is -3.09. The van der Waals surface area contributed by atoms with Crippen molar-refractivity contribution in [3.63, 3.8) is 0 Å². The van der Waals surface area contributed by atoms with Crippen LogP contribution in [-0.4, -0.2) is 80.1 Å². The highest BCUT2D eigenvalue weighted by Crippen LogP contribution is 2.29. The lowest BCUT2D eigenvalue weighted by Gasteiger charge is -2.45. The van der Waals surface area contributed by atoms with Crippen LogP contribution in [0.3, 0.4) is 0 Å². The van der Waals surface area contributed by atoms with Crippen LogP contribution in [0.2, 0.25) is 0 Å². The zero-order chi connectivity index (χ0) is 14.9. The Morgan fingerprint density at radius 3 is 2.45 bits per heavy atom. The summed E-state index contributed by atoms with van der Waals surface area (Å²) in [5.74, 6) is 0.